The van der Waals surface area contributed by atoms with Gasteiger partial charge >= 0.3 is 0 Å². The van der Waals surface area contributed by atoms with Crippen LogP contribution in [-0.4, -0.2) is 12.5 Å². The summed E-state index contributed by atoms with van der Waals surface area (Å²) in [6.07, 6.45) is 0.765. The summed E-state index contributed by atoms with van der Waals surface area (Å²) in [5.74, 6) is -39.4. The number of hydrogen-bond acceptors (Lipinski definition) is 0. The molecular formula is C26H11BF15NP. The topological polar surface area (TPSA) is 3.88 Å². The lowest BCUT2D eigenvalue weighted by Gasteiger charge is -2.32. The highest BCUT2D eigenvalue weighted by molar-refractivity contribution is 7.73. The van der Waals surface area contributed by atoms with Crippen molar-refractivity contribution < 1.29 is 70.3 Å². The van der Waals surface area contributed by atoms with Crippen LogP contribution in [0.3, 0.4) is 0 Å². The highest BCUT2D eigenvalue weighted by Gasteiger charge is 2.41. The van der Waals surface area contributed by atoms with E-state index in [4.69, 9.17) is 0 Å². The van der Waals surface area contributed by atoms with Gasteiger partial charge in [-0.2, -0.15) is 0 Å². The third-order valence-electron chi connectivity index (χ3n) is 6.54. The highest BCUT2D eigenvalue weighted by atomic mass is 31.1. The summed E-state index contributed by atoms with van der Waals surface area (Å²) < 4.78 is 217. The van der Waals surface area contributed by atoms with E-state index in [2.05, 4.69) is 0 Å². The van der Waals surface area contributed by atoms with Gasteiger partial charge in [-0.3, -0.25) is 0 Å². The summed E-state index contributed by atoms with van der Waals surface area (Å²) in [4.78, 5) is 0. The zero-order valence-corrected chi connectivity index (χ0v) is 22.2. The van der Waals surface area contributed by atoms with E-state index >= 15 is 17.6 Å². The number of halogens is 15. The Kier molecular flexibility index (Phi) is 9.29. The molecule has 0 aliphatic carbocycles. The first-order chi connectivity index (χ1) is 20.5. The Morgan fingerprint density at radius 1 is 0.477 bits per heavy atom. The second kappa shape index (κ2) is 12.3. The van der Waals surface area contributed by atoms with Gasteiger partial charge in [0, 0.05) is 0 Å². The van der Waals surface area contributed by atoms with E-state index < -0.39 is 130 Å². The number of rotatable bonds is 7. The molecule has 4 rings (SSSR count). The first-order valence-corrected chi connectivity index (χ1v) is 13.2. The molecule has 1 aromatic heterocycles. The summed E-state index contributed by atoms with van der Waals surface area (Å²) >= 11 is 0. The molecule has 44 heavy (non-hydrogen) atoms. The maximum Gasteiger partial charge on any atom is 0.247 e. The fourth-order valence-corrected chi connectivity index (χ4v) is 7.27. The molecule has 4 aromatic rings. The highest BCUT2D eigenvalue weighted by Crippen LogP contribution is 2.46. The summed E-state index contributed by atoms with van der Waals surface area (Å²) in [5, 5.41) is -4.08. The normalized spacial score (nSPS) is 12.5. The summed E-state index contributed by atoms with van der Waals surface area (Å²) in [6, 6.07) is 3.65. The molecule has 0 aliphatic rings. The van der Waals surface area contributed by atoms with E-state index in [1.54, 1.807) is 0 Å². The van der Waals surface area contributed by atoms with Crippen LogP contribution >= 0.6 is 7.92 Å². The van der Waals surface area contributed by atoms with Gasteiger partial charge < -0.3 is 4.48 Å². The van der Waals surface area contributed by atoms with Crippen LogP contribution in [0.4, 0.5) is 65.9 Å². The molecule has 0 spiro atoms. The molecule has 1 unspecified atom stereocenters. The van der Waals surface area contributed by atoms with Gasteiger partial charge in [0.1, 0.15) is 24.0 Å². The monoisotopic (exact) mass is 664 g/mol. The second-order valence-corrected chi connectivity index (χ2v) is 11.6. The Bertz CT molecular complexity index is 1630. The molecular weight excluding hydrogens is 653 g/mol. The van der Waals surface area contributed by atoms with Crippen LogP contribution < -0.4 is 20.5 Å². The zero-order chi connectivity index (χ0) is 32.9. The van der Waals surface area contributed by atoms with Gasteiger partial charge in [0.25, 0.3) is 0 Å². The largest absolute Gasteiger partial charge is 0.445 e. The number of aromatic nitrogens is 1. The molecule has 1 heterocycles. The van der Waals surface area contributed by atoms with Crippen LogP contribution in [0.2, 0.25) is 6.32 Å². The van der Waals surface area contributed by atoms with Crippen molar-refractivity contribution in [1.82, 2.24) is 0 Å². The van der Waals surface area contributed by atoms with Gasteiger partial charge in [0.05, 0.1) is 10.6 Å². The SMILES string of the molecule is CC(C[B-](c1c(F)c(F)c(F)c(F)c1F)[n+]1ccccc1)P(c1c(F)c(F)c(F)c(F)c1F)c1c(F)c(F)c(F)c(F)c1F. The van der Waals surface area contributed by atoms with Gasteiger partial charge in [-0.05, 0) is 25.7 Å². The molecule has 0 aliphatic heterocycles. The molecule has 0 N–H and O–H groups in total. The molecule has 0 amide bonds. The van der Waals surface area contributed by atoms with Gasteiger partial charge in [-0.1, -0.05) is 18.5 Å². The van der Waals surface area contributed by atoms with E-state index in [-0.39, 0.29) is 0 Å². The van der Waals surface area contributed by atoms with Gasteiger partial charge in [0.15, 0.2) is 64.0 Å². The minimum Gasteiger partial charge on any atom is -0.445 e. The number of hydrogen-bond donors (Lipinski definition) is 0. The fourth-order valence-electron chi connectivity index (χ4n) is 4.51. The lowest BCUT2D eigenvalue weighted by atomic mass is 9.51. The van der Waals surface area contributed by atoms with Crippen molar-refractivity contribution in [3.63, 3.8) is 0 Å². The Labute approximate surface area is 238 Å². The van der Waals surface area contributed by atoms with Crippen LogP contribution in [0.5, 0.6) is 0 Å². The Balaban J connectivity index is 2.07. The van der Waals surface area contributed by atoms with E-state index in [1.165, 1.54) is 18.2 Å². The standard InChI is InChI=1S/C26H11BF15NP/c1-8(7-27(43-5-3-2-4-6-43)9-10(28)12(30)14(32)13(31)11(9)29)44(25-21(39)17(35)15(33)18(36)22(25)40)26-23(41)19(37)16(34)20(38)24(26)42/h2-6,8H,7H2,1H3. The van der Waals surface area contributed by atoms with Crippen LogP contribution in [0.25, 0.3) is 0 Å². The molecule has 0 saturated carbocycles. The second-order valence-electron chi connectivity index (χ2n) is 9.11. The predicted molar refractivity (Wildman–Crippen MR) is 127 cm³/mol. The van der Waals surface area contributed by atoms with E-state index in [0.29, 0.717) is 6.92 Å². The molecule has 3 aromatic carbocycles. The quantitative estimate of drug-likeness (QED) is 0.0716. The summed E-state index contributed by atoms with van der Waals surface area (Å²) in [7, 11) is -3.95. The fraction of sp³-hybridized carbons (Fsp3) is 0.115. The lowest BCUT2D eigenvalue weighted by Crippen LogP contribution is -2.61. The first-order valence-electron chi connectivity index (χ1n) is 11.8. The first kappa shape index (κ1) is 33.2. The van der Waals surface area contributed by atoms with E-state index in [0.717, 1.165) is 16.9 Å². The predicted octanol–water partition coefficient (Wildman–Crippen LogP) is 6.33. The molecule has 1 nitrogen and oxygen atoms in total. The number of pyridine rings is 1. The minimum absolute atomic E-state index is 0.713. The molecule has 18 heteroatoms. The van der Waals surface area contributed by atoms with Crippen molar-refractivity contribution in [3.05, 3.63) is 118 Å². The third-order valence-corrected chi connectivity index (χ3v) is 9.38. The lowest BCUT2D eigenvalue weighted by molar-refractivity contribution is -0.536. The van der Waals surface area contributed by atoms with Crippen molar-refractivity contribution in [3.8, 4) is 0 Å². The van der Waals surface area contributed by atoms with Crippen LogP contribution in [-0.2, 0) is 0 Å². The van der Waals surface area contributed by atoms with E-state index in [9.17, 15) is 48.3 Å². The molecule has 0 fully saturated rings. The zero-order valence-electron chi connectivity index (χ0n) is 21.3. The molecule has 0 saturated heterocycles. The van der Waals surface area contributed by atoms with Crippen LogP contribution in [0.15, 0.2) is 30.6 Å². The Morgan fingerprint density at radius 2 is 0.773 bits per heavy atom. The Morgan fingerprint density at radius 3 is 1.11 bits per heavy atom. The average molecular weight is 664 g/mol. The van der Waals surface area contributed by atoms with E-state index in [1.807, 2.05) is 0 Å². The average Bonchev–Trinajstić information content (AvgIpc) is 3.01. The number of nitrogens with zero attached hydrogens (tertiary/aromatic N) is 1. The van der Waals surface area contributed by atoms with Crippen molar-refractivity contribution in [2.45, 2.75) is 18.9 Å². The maximum absolute atomic E-state index is 15.0. The summed E-state index contributed by atoms with van der Waals surface area (Å²) in [6.45, 7) is -1.44. The molecule has 233 valence electrons. The van der Waals surface area contributed by atoms with Gasteiger partial charge in [-0.25, -0.2) is 65.9 Å². The van der Waals surface area contributed by atoms with Crippen molar-refractivity contribution in [2.75, 3.05) is 0 Å². The molecule has 0 bridgehead atoms. The Hall–Kier alpha value is -3.75. The van der Waals surface area contributed by atoms with Gasteiger partial charge in [0.2, 0.25) is 18.5 Å². The van der Waals surface area contributed by atoms with Crippen molar-refractivity contribution in [1.29, 1.82) is 0 Å². The third kappa shape index (κ3) is 5.28. The van der Waals surface area contributed by atoms with Crippen molar-refractivity contribution in [2.24, 2.45) is 0 Å². The van der Waals surface area contributed by atoms with Crippen molar-refractivity contribution >= 4 is 30.8 Å². The molecule has 1 radical (unpaired) electrons. The minimum atomic E-state index is -3.95. The number of benzene rings is 3. The van der Waals surface area contributed by atoms with Gasteiger partial charge in [-0.15, -0.1) is 6.32 Å². The maximum atomic E-state index is 15.0. The van der Waals surface area contributed by atoms with Crippen LogP contribution in [0, 0.1) is 87.3 Å². The summed E-state index contributed by atoms with van der Waals surface area (Å²) in [5.41, 5.74) is -3.69. The van der Waals surface area contributed by atoms with Crippen LogP contribution in [0.1, 0.15) is 6.92 Å². The smallest absolute Gasteiger partial charge is 0.247 e. The molecule has 1 atom stereocenters.